The zero-order valence-corrected chi connectivity index (χ0v) is 18.5. The Bertz CT molecular complexity index is 883. The van der Waals surface area contributed by atoms with Crippen molar-refractivity contribution in [1.82, 2.24) is 9.62 Å². The minimum absolute atomic E-state index is 0.0733. The Labute approximate surface area is 174 Å². The molecular weight excluding hydrogens is 386 g/mol. The van der Waals surface area contributed by atoms with Gasteiger partial charge in [-0.25, -0.2) is 12.7 Å². The van der Waals surface area contributed by atoms with Crippen molar-refractivity contribution in [2.75, 3.05) is 32.1 Å². The number of amides is 1. The third-order valence-electron chi connectivity index (χ3n) is 7.26. The van der Waals surface area contributed by atoms with Crippen molar-refractivity contribution in [3.8, 4) is 0 Å². The summed E-state index contributed by atoms with van der Waals surface area (Å²) in [5.74, 6) is 2.52. The smallest absolute Gasteiger partial charge is 0.242 e. The van der Waals surface area contributed by atoms with E-state index in [4.69, 9.17) is 0 Å². The molecule has 1 aliphatic heterocycles. The first-order valence-electron chi connectivity index (χ1n) is 10.9. The van der Waals surface area contributed by atoms with E-state index in [0.29, 0.717) is 29.9 Å². The topological polar surface area (TPSA) is 69.7 Å². The van der Waals surface area contributed by atoms with Gasteiger partial charge in [0.2, 0.25) is 15.9 Å². The number of hydrogen-bond donors (Lipinski definition) is 1. The van der Waals surface area contributed by atoms with Crippen molar-refractivity contribution in [2.24, 2.45) is 17.8 Å². The molecule has 0 spiro atoms. The average Bonchev–Trinajstić information content (AvgIpc) is 3.34. The molecule has 3 aliphatic rings. The number of rotatable bonds is 6. The molecule has 2 aliphatic carbocycles. The third-order valence-corrected chi connectivity index (χ3v) is 9.07. The zero-order valence-electron chi connectivity index (χ0n) is 17.7. The molecule has 2 saturated carbocycles. The Balaban J connectivity index is 1.43. The van der Waals surface area contributed by atoms with Gasteiger partial charge in [-0.2, -0.15) is 0 Å². The van der Waals surface area contributed by atoms with Crippen molar-refractivity contribution < 1.29 is 13.2 Å². The molecule has 1 heterocycles. The number of sulfonamides is 1. The molecule has 29 heavy (non-hydrogen) atoms. The molecule has 0 aromatic heterocycles. The maximum absolute atomic E-state index is 13.0. The Kier molecular flexibility index (Phi) is 5.75. The van der Waals surface area contributed by atoms with Crippen LogP contribution in [0.4, 0.5) is 5.69 Å². The Morgan fingerprint density at radius 1 is 1.28 bits per heavy atom. The summed E-state index contributed by atoms with van der Waals surface area (Å²) in [5, 5.41) is 3.49. The van der Waals surface area contributed by atoms with Gasteiger partial charge in [0.15, 0.2) is 0 Å². The maximum Gasteiger partial charge on any atom is 0.242 e. The standard InChI is InChI=1S/C22H33N3O3S/c1-15(20-12-16-6-7-17(20)11-16)23-14-22(26)25-10-4-5-18-13-19(8-9-21(18)25)29(27,28)24(2)3/h8-9,13,15-17,20,23H,4-7,10-12,14H2,1-3H3/t15-,16+,17+,20+/m1/s1. The van der Waals surface area contributed by atoms with Crippen LogP contribution in [0.1, 0.15) is 44.6 Å². The molecule has 1 N–H and O–H groups in total. The van der Waals surface area contributed by atoms with Crippen molar-refractivity contribution in [1.29, 1.82) is 0 Å². The summed E-state index contributed by atoms with van der Waals surface area (Å²) in [6.07, 6.45) is 7.08. The SMILES string of the molecule is C[C@@H](NCC(=O)N1CCCc2cc(S(=O)(=O)N(C)C)ccc21)[C@@H]1C[C@H]2CC[C@H]1C2. The quantitative estimate of drug-likeness (QED) is 0.770. The number of carbonyl (C=O) groups is 1. The van der Waals surface area contributed by atoms with Gasteiger partial charge in [0.05, 0.1) is 11.4 Å². The number of anilines is 1. The molecular formula is C22H33N3O3S. The number of nitrogens with zero attached hydrogens (tertiary/aromatic N) is 2. The zero-order chi connectivity index (χ0) is 20.8. The van der Waals surface area contributed by atoms with Gasteiger partial charge in [-0.1, -0.05) is 6.42 Å². The van der Waals surface area contributed by atoms with E-state index in [9.17, 15) is 13.2 Å². The molecule has 160 valence electrons. The highest BCUT2D eigenvalue weighted by atomic mass is 32.2. The van der Waals surface area contributed by atoms with Crippen LogP contribution in [0.15, 0.2) is 23.1 Å². The molecule has 1 aromatic carbocycles. The van der Waals surface area contributed by atoms with Crippen LogP contribution in [0.25, 0.3) is 0 Å². The molecule has 6 nitrogen and oxygen atoms in total. The molecule has 0 saturated heterocycles. The van der Waals surface area contributed by atoms with Gasteiger partial charge in [0.1, 0.15) is 0 Å². The fourth-order valence-electron chi connectivity index (χ4n) is 5.61. The second-order valence-corrected chi connectivity index (χ2v) is 11.4. The second kappa shape index (κ2) is 8.00. The highest BCUT2D eigenvalue weighted by Gasteiger charge is 2.41. The van der Waals surface area contributed by atoms with E-state index in [2.05, 4.69) is 12.2 Å². The van der Waals surface area contributed by atoms with Crippen molar-refractivity contribution in [2.45, 2.75) is 56.4 Å². The van der Waals surface area contributed by atoms with Crippen LogP contribution in [0.5, 0.6) is 0 Å². The lowest BCUT2D eigenvalue weighted by Crippen LogP contribution is -2.45. The van der Waals surface area contributed by atoms with E-state index in [-0.39, 0.29) is 5.91 Å². The number of nitrogens with one attached hydrogen (secondary N) is 1. The summed E-state index contributed by atoms with van der Waals surface area (Å²) in [5.41, 5.74) is 1.79. The lowest BCUT2D eigenvalue weighted by atomic mass is 9.84. The number of aryl methyl sites for hydroxylation is 1. The molecule has 4 atom stereocenters. The van der Waals surface area contributed by atoms with E-state index in [1.54, 1.807) is 18.2 Å². The normalized spacial score (nSPS) is 27.3. The van der Waals surface area contributed by atoms with E-state index in [1.807, 2.05) is 4.90 Å². The van der Waals surface area contributed by atoms with E-state index < -0.39 is 10.0 Å². The third kappa shape index (κ3) is 3.97. The highest BCUT2D eigenvalue weighted by molar-refractivity contribution is 7.89. The number of hydrogen-bond acceptors (Lipinski definition) is 4. The van der Waals surface area contributed by atoms with E-state index >= 15 is 0 Å². The van der Waals surface area contributed by atoms with Gasteiger partial charge in [-0.15, -0.1) is 0 Å². The van der Waals surface area contributed by atoms with Crippen molar-refractivity contribution >= 4 is 21.6 Å². The summed E-state index contributed by atoms with van der Waals surface area (Å²) in [7, 11) is -0.395. The molecule has 7 heteroatoms. The predicted octanol–water partition coefficient (Wildman–Crippen LogP) is 2.63. The van der Waals surface area contributed by atoms with Gasteiger partial charge >= 0.3 is 0 Å². The summed E-state index contributed by atoms with van der Waals surface area (Å²) < 4.78 is 26.1. The Hall–Kier alpha value is -1.44. The van der Waals surface area contributed by atoms with Gasteiger partial charge in [-0.05, 0) is 80.5 Å². The average molecular weight is 420 g/mol. The number of carbonyl (C=O) groups excluding carboxylic acids is 1. The summed E-state index contributed by atoms with van der Waals surface area (Å²) in [6.45, 7) is 3.25. The minimum Gasteiger partial charge on any atom is -0.311 e. The predicted molar refractivity (Wildman–Crippen MR) is 114 cm³/mol. The van der Waals surface area contributed by atoms with Crippen LogP contribution >= 0.6 is 0 Å². The lowest BCUT2D eigenvalue weighted by Gasteiger charge is -2.32. The van der Waals surface area contributed by atoms with Gasteiger partial charge in [-0.3, -0.25) is 4.79 Å². The van der Waals surface area contributed by atoms with Gasteiger partial charge in [0, 0.05) is 32.4 Å². The largest absolute Gasteiger partial charge is 0.311 e. The Morgan fingerprint density at radius 2 is 2.07 bits per heavy atom. The van der Waals surface area contributed by atoms with E-state index in [0.717, 1.165) is 35.9 Å². The monoisotopic (exact) mass is 419 g/mol. The van der Waals surface area contributed by atoms with Crippen LogP contribution in [0.2, 0.25) is 0 Å². The lowest BCUT2D eigenvalue weighted by molar-refractivity contribution is -0.118. The summed E-state index contributed by atoms with van der Waals surface area (Å²) in [4.78, 5) is 15.1. The first-order valence-corrected chi connectivity index (χ1v) is 12.3. The highest BCUT2D eigenvalue weighted by Crippen LogP contribution is 2.49. The summed E-state index contributed by atoms with van der Waals surface area (Å²) >= 11 is 0. The number of benzene rings is 1. The first-order chi connectivity index (χ1) is 13.8. The first kappa shape index (κ1) is 20.8. The number of fused-ring (bicyclic) bond motifs is 3. The van der Waals surface area contributed by atoms with Gasteiger partial charge in [0.25, 0.3) is 0 Å². The molecule has 1 amide bonds. The van der Waals surface area contributed by atoms with Crippen LogP contribution in [-0.2, 0) is 21.2 Å². The van der Waals surface area contributed by atoms with Gasteiger partial charge < -0.3 is 10.2 Å². The van der Waals surface area contributed by atoms with Crippen LogP contribution in [0.3, 0.4) is 0 Å². The molecule has 0 radical (unpaired) electrons. The molecule has 2 bridgehead atoms. The van der Waals surface area contributed by atoms with Crippen LogP contribution in [-0.4, -0.2) is 51.9 Å². The minimum atomic E-state index is -3.47. The molecule has 2 fully saturated rings. The second-order valence-electron chi connectivity index (χ2n) is 9.24. The van der Waals surface area contributed by atoms with Crippen molar-refractivity contribution in [3.63, 3.8) is 0 Å². The van der Waals surface area contributed by atoms with E-state index in [1.165, 1.54) is 44.1 Å². The van der Waals surface area contributed by atoms with Crippen molar-refractivity contribution in [3.05, 3.63) is 23.8 Å². The molecule has 0 unspecified atom stereocenters. The maximum atomic E-state index is 13.0. The molecule has 1 aromatic rings. The molecule has 4 rings (SSSR count). The van der Waals surface area contributed by atoms with Crippen LogP contribution < -0.4 is 10.2 Å². The Morgan fingerprint density at radius 3 is 2.72 bits per heavy atom. The van der Waals surface area contributed by atoms with Crippen LogP contribution in [0, 0.1) is 17.8 Å². The summed E-state index contributed by atoms with van der Waals surface area (Å²) in [6, 6.07) is 5.51. The fraction of sp³-hybridized carbons (Fsp3) is 0.682. The fourth-order valence-corrected chi connectivity index (χ4v) is 6.56.